The van der Waals surface area contributed by atoms with Gasteiger partial charge >= 0.3 is 0 Å². The number of thioether (sulfide) groups is 1. The van der Waals surface area contributed by atoms with Gasteiger partial charge in [0.2, 0.25) is 5.89 Å². The number of nitrogens with two attached hydrogens (primary N) is 1. The molecule has 108 valence electrons. The number of rotatable bonds is 6. The first-order chi connectivity index (χ1) is 9.56. The largest absolute Gasteiger partial charge is 0.339 e. The van der Waals surface area contributed by atoms with Crippen molar-refractivity contribution in [3.8, 4) is 0 Å². The highest BCUT2D eigenvalue weighted by Crippen LogP contribution is 2.24. The van der Waals surface area contributed by atoms with E-state index in [1.54, 1.807) is 11.8 Å². The van der Waals surface area contributed by atoms with Crippen LogP contribution in [-0.2, 0) is 12.2 Å². The Kier molecular flexibility index (Phi) is 5.20. The van der Waals surface area contributed by atoms with Gasteiger partial charge in [-0.15, -0.1) is 11.8 Å². The summed E-state index contributed by atoms with van der Waals surface area (Å²) in [4.78, 5) is 5.65. The molecule has 2 aromatic rings. The van der Waals surface area contributed by atoms with Gasteiger partial charge in [-0.05, 0) is 24.5 Å². The number of hydrogen-bond acceptors (Lipinski definition) is 5. The van der Waals surface area contributed by atoms with Crippen LogP contribution in [0, 0.1) is 12.8 Å². The predicted octanol–water partition coefficient (Wildman–Crippen LogP) is 3.20. The second-order valence-electron chi connectivity index (χ2n) is 5.27. The molecule has 1 aromatic carbocycles. The van der Waals surface area contributed by atoms with Crippen molar-refractivity contribution in [2.45, 2.75) is 43.9 Å². The first-order valence-corrected chi connectivity index (χ1v) is 7.80. The summed E-state index contributed by atoms with van der Waals surface area (Å²) in [6.45, 7) is 6.29. The monoisotopic (exact) mass is 291 g/mol. The van der Waals surface area contributed by atoms with Crippen LogP contribution >= 0.6 is 11.8 Å². The molecule has 0 saturated carbocycles. The van der Waals surface area contributed by atoms with Crippen LogP contribution in [0.2, 0.25) is 0 Å². The van der Waals surface area contributed by atoms with Crippen molar-refractivity contribution in [2.24, 2.45) is 11.7 Å². The first-order valence-electron chi connectivity index (χ1n) is 6.81. The lowest BCUT2D eigenvalue weighted by molar-refractivity contribution is 0.350. The molecule has 0 fully saturated rings. The molecule has 0 aliphatic heterocycles. The van der Waals surface area contributed by atoms with Crippen LogP contribution in [0.3, 0.4) is 0 Å². The fourth-order valence-corrected chi connectivity index (χ4v) is 2.60. The Hall–Kier alpha value is -1.33. The van der Waals surface area contributed by atoms with Crippen molar-refractivity contribution in [1.29, 1.82) is 0 Å². The normalized spacial score (nSPS) is 12.8. The Labute approximate surface area is 124 Å². The molecule has 0 spiro atoms. The molecule has 0 saturated heterocycles. The van der Waals surface area contributed by atoms with Crippen molar-refractivity contribution < 1.29 is 4.52 Å². The Morgan fingerprint density at radius 2 is 2.05 bits per heavy atom. The molecule has 0 aliphatic carbocycles. The minimum atomic E-state index is 0.0623. The van der Waals surface area contributed by atoms with Gasteiger partial charge in [-0.2, -0.15) is 4.98 Å². The Morgan fingerprint density at radius 3 is 2.75 bits per heavy atom. The molecule has 1 atom stereocenters. The van der Waals surface area contributed by atoms with Gasteiger partial charge in [0.1, 0.15) is 0 Å². The molecular weight excluding hydrogens is 270 g/mol. The summed E-state index contributed by atoms with van der Waals surface area (Å²) in [7, 11) is 0. The second kappa shape index (κ2) is 6.90. The molecule has 5 heteroatoms. The van der Waals surface area contributed by atoms with Gasteiger partial charge in [0.25, 0.3) is 0 Å². The molecule has 20 heavy (non-hydrogen) atoms. The molecule has 4 nitrogen and oxygen atoms in total. The number of aryl methyl sites for hydroxylation is 1. The van der Waals surface area contributed by atoms with Crippen LogP contribution in [0.4, 0.5) is 0 Å². The van der Waals surface area contributed by atoms with Crippen LogP contribution in [0.25, 0.3) is 0 Å². The van der Waals surface area contributed by atoms with Gasteiger partial charge < -0.3 is 10.3 Å². The Bertz CT molecular complexity index is 554. The third-order valence-corrected chi connectivity index (χ3v) is 4.40. The number of hydrogen-bond donors (Lipinski definition) is 1. The van der Waals surface area contributed by atoms with Gasteiger partial charge in [0, 0.05) is 17.4 Å². The van der Waals surface area contributed by atoms with Crippen molar-refractivity contribution in [1.82, 2.24) is 10.1 Å². The maximum absolute atomic E-state index is 6.01. The van der Waals surface area contributed by atoms with Gasteiger partial charge in [0.05, 0.1) is 5.75 Å². The lowest BCUT2D eigenvalue weighted by Crippen LogP contribution is -2.28. The van der Waals surface area contributed by atoms with Crippen molar-refractivity contribution in [2.75, 3.05) is 0 Å². The first kappa shape index (κ1) is 15.1. The number of aromatic nitrogens is 2. The summed E-state index contributed by atoms with van der Waals surface area (Å²) >= 11 is 1.72. The van der Waals surface area contributed by atoms with Gasteiger partial charge in [0.15, 0.2) is 5.82 Å². The fourth-order valence-electron chi connectivity index (χ4n) is 1.73. The zero-order valence-electron chi connectivity index (χ0n) is 12.2. The van der Waals surface area contributed by atoms with E-state index in [2.05, 4.69) is 43.0 Å². The van der Waals surface area contributed by atoms with Crippen LogP contribution < -0.4 is 5.73 Å². The van der Waals surface area contributed by atoms with Gasteiger partial charge in [-0.3, -0.25) is 0 Å². The van der Waals surface area contributed by atoms with E-state index in [9.17, 15) is 0 Å². The lowest BCUT2D eigenvalue weighted by atomic mass is 10.0. The van der Waals surface area contributed by atoms with Crippen molar-refractivity contribution in [3.05, 3.63) is 41.5 Å². The van der Waals surface area contributed by atoms with Gasteiger partial charge in [-0.25, -0.2) is 0 Å². The third-order valence-electron chi connectivity index (χ3n) is 3.23. The SMILES string of the molecule is Cc1ccccc1SCc1noc(CC(N)C(C)C)n1. The Balaban J connectivity index is 1.92. The van der Waals surface area contributed by atoms with E-state index in [1.807, 2.05) is 12.1 Å². The van der Waals surface area contributed by atoms with Gasteiger partial charge in [-0.1, -0.05) is 37.2 Å². The maximum atomic E-state index is 6.01. The summed E-state index contributed by atoms with van der Waals surface area (Å²) in [5.41, 5.74) is 7.28. The zero-order valence-corrected chi connectivity index (χ0v) is 13.0. The summed E-state index contributed by atoms with van der Waals surface area (Å²) < 4.78 is 5.25. The molecule has 2 N–H and O–H groups in total. The summed E-state index contributed by atoms with van der Waals surface area (Å²) in [6, 6.07) is 8.35. The minimum Gasteiger partial charge on any atom is -0.339 e. The molecule has 0 bridgehead atoms. The highest BCUT2D eigenvalue weighted by Gasteiger charge is 2.14. The second-order valence-corrected chi connectivity index (χ2v) is 6.29. The molecule has 0 radical (unpaired) electrons. The maximum Gasteiger partial charge on any atom is 0.228 e. The van der Waals surface area contributed by atoms with Crippen LogP contribution in [0.1, 0.15) is 31.1 Å². The quantitative estimate of drug-likeness (QED) is 0.828. The summed E-state index contributed by atoms with van der Waals surface area (Å²) in [5, 5.41) is 4.01. The van der Waals surface area contributed by atoms with Crippen LogP contribution in [0.15, 0.2) is 33.7 Å². The molecule has 0 amide bonds. The smallest absolute Gasteiger partial charge is 0.228 e. The zero-order chi connectivity index (χ0) is 14.5. The molecule has 1 aromatic heterocycles. The van der Waals surface area contributed by atoms with E-state index in [1.165, 1.54) is 10.5 Å². The Morgan fingerprint density at radius 1 is 1.30 bits per heavy atom. The lowest BCUT2D eigenvalue weighted by Gasteiger charge is -2.11. The van der Waals surface area contributed by atoms with E-state index in [0.717, 1.165) is 5.82 Å². The van der Waals surface area contributed by atoms with Crippen LogP contribution in [0.5, 0.6) is 0 Å². The van der Waals surface area contributed by atoms with E-state index in [0.29, 0.717) is 24.0 Å². The highest BCUT2D eigenvalue weighted by molar-refractivity contribution is 7.98. The minimum absolute atomic E-state index is 0.0623. The molecule has 1 unspecified atom stereocenters. The van der Waals surface area contributed by atoms with Crippen molar-refractivity contribution >= 4 is 11.8 Å². The molecule has 2 rings (SSSR count). The van der Waals surface area contributed by atoms with E-state index in [4.69, 9.17) is 10.3 Å². The highest BCUT2D eigenvalue weighted by atomic mass is 32.2. The topological polar surface area (TPSA) is 64.9 Å². The molecular formula is C15H21N3OS. The van der Waals surface area contributed by atoms with Crippen molar-refractivity contribution in [3.63, 3.8) is 0 Å². The third kappa shape index (κ3) is 4.08. The summed E-state index contributed by atoms with van der Waals surface area (Å²) in [5.74, 6) is 2.48. The fraction of sp³-hybridized carbons (Fsp3) is 0.467. The molecule has 1 heterocycles. The standard InChI is InChI=1S/C15H21N3OS/c1-10(2)12(16)8-15-17-14(18-19-15)9-20-13-7-5-4-6-11(13)3/h4-7,10,12H,8-9,16H2,1-3H3. The van der Waals surface area contributed by atoms with Crippen LogP contribution in [-0.4, -0.2) is 16.2 Å². The number of nitrogens with zero attached hydrogens (tertiary/aromatic N) is 2. The predicted molar refractivity (Wildman–Crippen MR) is 81.6 cm³/mol. The van der Waals surface area contributed by atoms with E-state index < -0.39 is 0 Å². The van der Waals surface area contributed by atoms with E-state index >= 15 is 0 Å². The molecule has 0 aliphatic rings. The average Bonchev–Trinajstić information content (AvgIpc) is 2.85. The number of benzene rings is 1. The van der Waals surface area contributed by atoms with E-state index in [-0.39, 0.29) is 6.04 Å². The average molecular weight is 291 g/mol. The summed E-state index contributed by atoms with van der Waals surface area (Å²) in [6.07, 6.45) is 0.639.